The molecule has 1 saturated carbocycles. The number of nitrogens with one attached hydrogen (secondary N) is 1. The SMILES string of the molecule is CCNC1(CC(N)=O)CCN(C2CC2)C1. The van der Waals surface area contributed by atoms with E-state index in [-0.39, 0.29) is 11.4 Å². The lowest BCUT2D eigenvalue weighted by Crippen LogP contribution is -2.50. The van der Waals surface area contributed by atoms with Crippen molar-refractivity contribution in [1.29, 1.82) is 0 Å². The molecule has 4 nitrogen and oxygen atoms in total. The first kappa shape index (κ1) is 10.9. The third kappa shape index (κ3) is 2.49. The predicted molar refractivity (Wildman–Crippen MR) is 59.4 cm³/mol. The average Bonchev–Trinajstić information content (AvgIpc) is 2.90. The van der Waals surface area contributed by atoms with Crippen LogP contribution in [0.25, 0.3) is 0 Å². The number of nitrogens with two attached hydrogens (primary N) is 1. The van der Waals surface area contributed by atoms with E-state index in [1.807, 2.05) is 0 Å². The summed E-state index contributed by atoms with van der Waals surface area (Å²) in [5, 5.41) is 3.46. The number of rotatable bonds is 5. The maximum Gasteiger partial charge on any atom is 0.219 e. The number of likely N-dealkylation sites (N-methyl/N-ethyl adjacent to an activating group) is 1. The third-order valence-corrected chi connectivity index (χ3v) is 3.51. The molecule has 4 heteroatoms. The molecular weight excluding hydrogens is 190 g/mol. The van der Waals surface area contributed by atoms with Gasteiger partial charge in [0.05, 0.1) is 0 Å². The zero-order chi connectivity index (χ0) is 10.9. The first-order chi connectivity index (χ1) is 7.15. The zero-order valence-corrected chi connectivity index (χ0v) is 9.46. The summed E-state index contributed by atoms with van der Waals surface area (Å²) >= 11 is 0. The van der Waals surface area contributed by atoms with E-state index in [1.165, 1.54) is 12.8 Å². The quantitative estimate of drug-likeness (QED) is 0.677. The van der Waals surface area contributed by atoms with Gasteiger partial charge in [-0.2, -0.15) is 0 Å². The van der Waals surface area contributed by atoms with E-state index < -0.39 is 0 Å². The summed E-state index contributed by atoms with van der Waals surface area (Å²) in [5.74, 6) is -0.186. The van der Waals surface area contributed by atoms with Gasteiger partial charge in [-0.05, 0) is 25.8 Å². The van der Waals surface area contributed by atoms with Crippen LogP contribution in [0.2, 0.25) is 0 Å². The van der Waals surface area contributed by atoms with Gasteiger partial charge in [0.1, 0.15) is 0 Å². The lowest BCUT2D eigenvalue weighted by atomic mass is 9.94. The van der Waals surface area contributed by atoms with Crippen molar-refractivity contribution < 1.29 is 4.79 Å². The minimum absolute atomic E-state index is 0.0385. The van der Waals surface area contributed by atoms with Gasteiger partial charge in [-0.15, -0.1) is 0 Å². The molecule has 0 aromatic rings. The molecule has 0 bridgehead atoms. The summed E-state index contributed by atoms with van der Waals surface area (Å²) in [6.07, 6.45) is 4.20. The molecule has 15 heavy (non-hydrogen) atoms. The summed E-state index contributed by atoms with van der Waals surface area (Å²) in [4.78, 5) is 13.6. The van der Waals surface area contributed by atoms with Crippen LogP contribution in [-0.4, -0.2) is 42.0 Å². The fraction of sp³-hybridized carbons (Fsp3) is 0.909. The summed E-state index contributed by atoms with van der Waals surface area (Å²) in [6, 6.07) is 0.790. The molecule has 2 fully saturated rings. The molecule has 1 atom stereocenters. The molecule has 0 aromatic heterocycles. The molecule has 1 saturated heterocycles. The molecule has 0 radical (unpaired) electrons. The fourth-order valence-corrected chi connectivity index (χ4v) is 2.72. The smallest absolute Gasteiger partial charge is 0.219 e. The van der Waals surface area contributed by atoms with Crippen LogP contribution in [0, 0.1) is 0 Å². The van der Waals surface area contributed by atoms with Crippen LogP contribution in [0.5, 0.6) is 0 Å². The maximum absolute atomic E-state index is 11.1. The standard InChI is InChI=1S/C11H21N3O/c1-2-13-11(7-10(12)15)5-6-14(8-11)9-3-4-9/h9,13H,2-8H2,1H3,(H2,12,15). The van der Waals surface area contributed by atoms with Crippen molar-refractivity contribution in [2.24, 2.45) is 5.73 Å². The van der Waals surface area contributed by atoms with Crippen LogP contribution in [0.15, 0.2) is 0 Å². The van der Waals surface area contributed by atoms with Gasteiger partial charge in [-0.25, -0.2) is 0 Å². The highest BCUT2D eigenvalue weighted by atomic mass is 16.1. The van der Waals surface area contributed by atoms with E-state index in [2.05, 4.69) is 17.1 Å². The molecule has 0 spiro atoms. The Morgan fingerprint density at radius 2 is 2.33 bits per heavy atom. The summed E-state index contributed by atoms with van der Waals surface area (Å²) < 4.78 is 0. The first-order valence-electron chi connectivity index (χ1n) is 5.92. The lowest BCUT2D eigenvalue weighted by molar-refractivity contribution is -0.119. The topological polar surface area (TPSA) is 58.4 Å². The van der Waals surface area contributed by atoms with E-state index in [4.69, 9.17) is 5.73 Å². The third-order valence-electron chi connectivity index (χ3n) is 3.51. The molecule has 86 valence electrons. The molecule has 2 aliphatic rings. The predicted octanol–water partition coefficient (Wildman–Crippen LogP) is 0.0782. The number of amides is 1. The number of hydrogen-bond donors (Lipinski definition) is 2. The number of primary amides is 1. The monoisotopic (exact) mass is 211 g/mol. The van der Waals surface area contributed by atoms with E-state index in [0.717, 1.165) is 32.1 Å². The normalized spacial score (nSPS) is 32.1. The van der Waals surface area contributed by atoms with Crippen molar-refractivity contribution in [1.82, 2.24) is 10.2 Å². The largest absolute Gasteiger partial charge is 0.370 e. The van der Waals surface area contributed by atoms with Gasteiger partial charge in [0.25, 0.3) is 0 Å². The van der Waals surface area contributed by atoms with Crippen molar-refractivity contribution in [3.63, 3.8) is 0 Å². The number of nitrogens with zero attached hydrogens (tertiary/aromatic N) is 1. The Morgan fingerprint density at radius 1 is 1.60 bits per heavy atom. The number of hydrogen-bond acceptors (Lipinski definition) is 3. The van der Waals surface area contributed by atoms with E-state index in [9.17, 15) is 4.79 Å². The van der Waals surface area contributed by atoms with Gasteiger partial charge in [-0.1, -0.05) is 6.92 Å². The minimum atomic E-state index is -0.186. The fourth-order valence-electron chi connectivity index (χ4n) is 2.72. The van der Waals surface area contributed by atoms with Gasteiger partial charge in [0, 0.05) is 31.1 Å². The highest BCUT2D eigenvalue weighted by Crippen LogP contribution is 2.34. The molecule has 1 aliphatic carbocycles. The Hall–Kier alpha value is -0.610. The Balaban J connectivity index is 1.97. The summed E-state index contributed by atoms with van der Waals surface area (Å²) in [6.45, 7) is 5.10. The second kappa shape index (κ2) is 4.10. The van der Waals surface area contributed by atoms with Crippen LogP contribution < -0.4 is 11.1 Å². The summed E-state index contributed by atoms with van der Waals surface area (Å²) in [7, 11) is 0. The van der Waals surface area contributed by atoms with Gasteiger partial charge in [0.15, 0.2) is 0 Å². The molecule has 1 amide bonds. The van der Waals surface area contributed by atoms with E-state index in [0.29, 0.717) is 6.42 Å². The second-order valence-electron chi connectivity index (χ2n) is 4.91. The van der Waals surface area contributed by atoms with Crippen LogP contribution in [-0.2, 0) is 4.79 Å². The van der Waals surface area contributed by atoms with Gasteiger partial charge >= 0.3 is 0 Å². The number of carbonyl (C=O) groups is 1. The van der Waals surface area contributed by atoms with Gasteiger partial charge < -0.3 is 11.1 Å². The van der Waals surface area contributed by atoms with Crippen molar-refractivity contribution in [2.45, 2.75) is 44.2 Å². The Morgan fingerprint density at radius 3 is 2.87 bits per heavy atom. The van der Waals surface area contributed by atoms with E-state index in [1.54, 1.807) is 0 Å². The number of carbonyl (C=O) groups excluding carboxylic acids is 1. The zero-order valence-electron chi connectivity index (χ0n) is 9.46. The first-order valence-corrected chi connectivity index (χ1v) is 5.92. The van der Waals surface area contributed by atoms with Crippen molar-refractivity contribution in [3.05, 3.63) is 0 Å². The Labute approximate surface area is 91.2 Å². The van der Waals surface area contributed by atoms with Gasteiger partial charge in [0.2, 0.25) is 5.91 Å². The molecule has 3 N–H and O–H groups in total. The Kier molecular flexibility index (Phi) is 2.98. The lowest BCUT2D eigenvalue weighted by Gasteiger charge is -2.29. The van der Waals surface area contributed by atoms with Crippen LogP contribution in [0.3, 0.4) is 0 Å². The molecular formula is C11H21N3O. The number of likely N-dealkylation sites (tertiary alicyclic amines) is 1. The average molecular weight is 211 g/mol. The van der Waals surface area contributed by atoms with E-state index >= 15 is 0 Å². The van der Waals surface area contributed by atoms with Crippen molar-refractivity contribution >= 4 is 5.91 Å². The van der Waals surface area contributed by atoms with Crippen LogP contribution in [0.4, 0.5) is 0 Å². The molecule has 1 unspecified atom stereocenters. The van der Waals surface area contributed by atoms with Crippen molar-refractivity contribution in [2.75, 3.05) is 19.6 Å². The highest BCUT2D eigenvalue weighted by Gasteiger charge is 2.43. The Bertz CT molecular complexity index is 252. The minimum Gasteiger partial charge on any atom is -0.370 e. The molecule has 2 rings (SSSR count). The molecule has 1 aliphatic heterocycles. The summed E-state index contributed by atoms with van der Waals surface area (Å²) in [5.41, 5.74) is 5.29. The van der Waals surface area contributed by atoms with Crippen molar-refractivity contribution in [3.8, 4) is 0 Å². The van der Waals surface area contributed by atoms with Crippen LogP contribution in [0.1, 0.15) is 32.6 Å². The second-order valence-corrected chi connectivity index (χ2v) is 4.91. The van der Waals surface area contributed by atoms with Crippen LogP contribution >= 0.6 is 0 Å². The maximum atomic E-state index is 11.1. The molecule has 0 aromatic carbocycles. The van der Waals surface area contributed by atoms with Gasteiger partial charge in [-0.3, -0.25) is 9.69 Å². The molecule has 1 heterocycles. The highest BCUT2D eigenvalue weighted by molar-refractivity contribution is 5.75.